The van der Waals surface area contributed by atoms with Crippen molar-refractivity contribution in [3.8, 4) is 22.8 Å². The second-order valence-electron chi connectivity index (χ2n) is 6.75. The van der Waals surface area contributed by atoms with Crippen LogP contribution in [0.1, 0.15) is 16.1 Å². The first kappa shape index (κ1) is 22.4. The normalized spacial score (nSPS) is 14.6. The minimum absolute atomic E-state index is 0.0274. The second kappa shape index (κ2) is 9.39. The van der Waals surface area contributed by atoms with Gasteiger partial charge in [-0.2, -0.15) is 0 Å². The quantitative estimate of drug-likeness (QED) is 0.360. The van der Waals surface area contributed by atoms with Gasteiger partial charge in [0.05, 0.1) is 35.9 Å². The highest BCUT2D eigenvalue weighted by Crippen LogP contribution is 2.37. The molecule has 1 aromatic heterocycles. The molecule has 168 valence electrons. The van der Waals surface area contributed by atoms with Gasteiger partial charge < -0.3 is 19.0 Å². The number of benzene rings is 2. The van der Waals surface area contributed by atoms with Gasteiger partial charge in [0.2, 0.25) is 0 Å². The van der Waals surface area contributed by atoms with E-state index in [4.69, 9.17) is 26.1 Å². The summed E-state index contributed by atoms with van der Waals surface area (Å²) in [5.41, 5.74) is 3.82. The van der Waals surface area contributed by atoms with Gasteiger partial charge in [-0.25, -0.2) is 9.80 Å². The number of anilines is 1. The summed E-state index contributed by atoms with van der Waals surface area (Å²) in [6, 6.07) is 15.2. The van der Waals surface area contributed by atoms with E-state index in [-0.39, 0.29) is 15.6 Å². The van der Waals surface area contributed by atoms with E-state index >= 15 is 0 Å². The van der Waals surface area contributed by atoms with Crippen LogP contribution in [0.25, 0.3) is 17.4 Å². The zero-order chi connectivity index (χ0) is 23.5. The first-order valence-electron chi connectivity index (χ1n) is 9.60. The number of hydrogen-bond acceptors (Lipinski definition) is 8. The number of rotatable bonds is 7. The molecule has 1 aliphatic rings. The van der Waals surface area contributed by atoms with Crippen LogP contribution in [0.5, 0.6) is 11.5 Å². The topological polar surface area (TPSA) is 101 Å². The molecular weight excluding hydrogens is 464 g/mol. The number of methoxy groups -OCH3 is 2. The average molecular weight is 483 g/mol. The Morgan fingerprint density at radius 3 is 2.67 bits per heavy atom. The molecule has 3 aromatic rings. The predicted molar refractivity (Wildman–Crippen MR) is 129 cm³/mol. The number of furan rings is 1. The van der Waals surface area contributed by atoms with Crippen LogP contribution in [-0.2, 0) is 4.79 Å². The molecule has 1 aliphatic heterocycles. The Hall–Kier alpha value is -3.76. The van der Waals surface area contributed by atoms with Crippen LogP contribution in [-0.4, -0.2) is 40.5 Å². The van der Waals surface area contributed by atoms with E-state index < -0.39 is 11.9 Å². The fraction of sp³-hybridized carbons (Fsp3) is 0.0870. The number of para-hydroxylation sites is 1. The number of ether oxygens (including phenoxy) is 2. The number of amides is 1. The van der Waals surface area contributed by atoms with Crippen LogP contribution in [0.15, 0.2) is 63.9 Å². The van der Waals surface area contributed by atoms with Crippen molar-refractivity contribution in [3.05, 3.63) is 70.8 Å². The van der Waals surface area contributed by atoms with Gasteiger partial charge in [0.25, 0.3) is 5.91 Å². The lowest BCUT2D eigenvalue weighted by molar-refractivity contribution is -0.121. The monoisotopic (exact) mass is 482 g/mol. The summed E-state index contributed by atoms with van der Waals surface area (Å²) in [6.07, 6.45) is 1.59. The Labute approximate surface area is 198 Å². The lowest BCUT2D eigenvalue weighted by atomic mass is 10.1. The van der Waals surface area contributed by atoms with Crippen LogP contribution in [0, 0.1) is 0 Å². The maximum atomic E-state index is 12.9. The highest BCUT2D eigenvalue weighted by atomic mass is 32.2. The van der Waals surface area contributed by atoms with Gasteiger partial charge in [0, 0.05) is 12.1 Å². The van der Waals surface area contributed by atoms with Crippen molar-refractivity contribution in [2.75, 3.05) is 19.6 Å². The van der Waals surface area contributed by atoms with Gasteiger partial charge in [-0.05, 0) is 48.6 Å². The first-order valence-corrected chi connectivity index (χ1v) is 10.8. The van der Waals surface area contributed by atoms with Gasteiger partial charge in [-0.1, -0.05) is 23.9 Å². The minimum Gasteiger partial charge on any atom is -0.497 e. The van der Waals surface area contributed by atoms with E-state index in [1.54, 1.807) is 62.8 Å². The largest absolute Gasteiger partial charge is 0.497 e. The molecule has 2 heterocycles. The molecule has 8 nitrogen and oxygen atoms in total. The Morgan fingerprint density at radius 1 is 1.15 bits per heavy atom. The predicted octanol–water partition coefficient (Wildman–Crippen LogP) is 4.89. The van der Waals surface area contributed by atoms with Crippen LogP contribution >= 0.6 is 24.0 Å². The molecule has 0 saturated carbocycles. The van der Waals surface area contributed by atoms with E-state index in [9.17, 15) is 14.7 Å². The highest BCUT2D eigenvalue weighted by Gasteiger charge is 2.33. The second-order valence-corrected chi connectivity index (χ2v) is 8.42. The summed E-state index contributed by atoms with van der Waals surface area (Å²) in [5, 5.41) is 10.5. The molecule has 33 heavy (non-hydrogen) atoms. The number of nitrogens with one attached hydrogen (secondary N) is 1. The number of carbonyl (C=O) groups is 2. The van der Waals surface area contributed by atoms with Crippen molar-refractivity contribution in [1.29, 1.82) is 0 Å². The Kier molecular flexibility index (Phi) is 6.38. The van der Waals surface area contributed by atoms with Crippen molar-refractivity contribution >= 4 is 51.9 Å². The SMILES string of the molecule is COc1ccc(-c2ccc(C=C3SC(=S)N(Nc4ccccc4C(=O)O)C3=O)o2)c(OC)c1. The molecule has 0 radical (unpaired) electrons. The molecule has 2 N–H and O–H groups in total. The lowest BCUT2D eigenvalue weighted by Crippen LogP contribution is -2.34. The number of hydrazine groups is 1. The Balaban J connectivity index is 1.57. The summed E-state index contributed by atoms with van der Waals surface area (Å²) in [7, 11) is 3.13. The standard InChI is InChI=1S/C23H18N2O6S2/c1-29-13-7-9-16(19(11-13)30-2)18-10-8-14(31-18)12-20-21(26)25(23(32)33-20)24-17-6-4-3-5-15(17)22(27)28/h3-12,24H,1-2H3,(H,27,28). The van der Waals surface area contributed by atoms with Gasteiger partial charge in [-0.15, -0.1) is 0 Å². The fourth-order valence-corrected chi connectivity index (χ4v) is 4.32. The van der Waals surface area contributed by atoms with Gasteiger partial charge >= 0.3 is 5.97 Å². The molecule has 1 fully saturated rings. The minimum atomic E-state index is -1.11. The number of aromatic carboxylic acids is 1. The number of carboxylic acids is 1. The van der Waals surface area contributed by atoms with Crippen LogP contribution in [0.2, 0.25) is 0 Å². The van der Waals surface area contributed by atoms with Gasteiger partial charge in [-0.3, -0.25) is 10.2 Å². The molecule has 0 unspecified atom stereocenters. The van der Waals surface area contributed by atoms with Crippen molar-refractivity contribution in [3.63, 3.8) is 0 Å². The molecule has 0 aliphatic carbocycles. The van der Waals surface area contributed by atoms with Crippen LogP contribution in [0.3, 0.4) is 0 Å². The summed E-state index contributed by atoms with van der Waals surface area (Å²) in [6.45, 7) is 0. The van der Waals surface area contributed by atoms with E-state index in [1.807, 2.05) is 6.07 Å². The van der Waals surface area contributed by atoms with E-state index in [0.29, 0.717) is 27.9 Å². The van der Waals surface area contributed by atoms with Gasteiger partial charge in [0.15, 0.2) is 4.32 Å². The zero-order valence-corrected chi connectivity index (χ0v) is 19.2. The molecule has 4 rings (SSSR count). The summed E-state index contributed by atoms with van der Waals surface area (Å²) < 4.78 is 16.8. The number of thiocarbonyl (C=S) groups is 1. The number of hydrogen-bond donors (Lipinski definition) is 2. The molecule has 1 saturated heterocycles. The summed E-state index contributed by atoms with van der Waals surface area (Å²) in [5.74, 6) is 0.728. The molecule has 0 atom stereocenters. The van der Waals surface area contributed by atoms with E-state index in [1.165, 1.54) is 6.07 Å². The fourth-order valence-electron chi connectivity index (χ4n) is 3.16. The zero-order valence-electron chi connectivity index (χ0n) is 17.5. The first-order chi connectivity index (χ1) is 15.9. The van der Waals surface area contributed by atoms with Crippen LogP contribution in [0.4, 0.5) is 5.69 Å². The highest BCUT2D eigenvalue weighted by molar-refractivity contribution is 8.26. The number of carboxylic acid groups (broad SMARTS) is 1. The third-order valence-electron chi connectivity index (χ3n) is 4.76. The smallest absolute Gasteiger partial charge is 0.337 e. The van der Waals surface area contributed by atoms with E-state index in [2.05, 4.69) is 5.43 Å². The number of nitrogens with zero attached hydrogens (tertiary/aromatic N) is 1. The van der Waals surface area contributed by atoms with Gasteiger partial charge in [0.1, 0.15) is 23.0 Å². The van der Waals surface area contributed by atoms with Crippen molar-refractivity contribution in [1.82, 2.24) is 5.01 Å². The molecule has 1 amide bonds. The Morgan fingerprint density at radius 2 is 1.94 bits per heavy atom. The lowest BCUT2D eigenvalue weighted by Gasteiger charge is -2.18. The van der Waals surface area contributed by atoms with Crippen molar-refractivity contribution < 1.29 is 28.6 Å². The summed E-state index contributed by atoms with van der Waals surface area (Å²) >= 11 is 6.40. The molecule has 2 aromatic carbocycles. The third-order valence-corrected chi connectivity index (χ3v) is 6.06. The van der Waals surface area contributed by atoms with Crippen molar-refractivity contribution in [2.45, 2.75) is 0 Å². The molecule has 0 spiro atoms. The van der Waals surface area contributed by atoms with Crippen LogP contribution < -0.4 is 14.9 Å². The third kappa shape index (κ3) is 4.57. The molecule has 10 heteroatoms. The van der Waals surface area contributed by atoms with Crippen molar-refractivity contribution in [2.24, 2.45) is 0 Å². The summed E-state index contributed by atoms with van der Waals surface area (Å²) in [4.78, 5) is 24.7. The Bertz CT molecular complexity index is 1280. The average Bonchev–Trinajstić information content (AvgIpc) is 3.39. The number of carbonyl (C=O) groups excluding carboxylic acids is 1. The molecular formula is C23H18N2O6S2. The van der Waals surface area contributed by atoms with E-state index in [0.717, 1.165) is 22.3 Å². The maximum absolute atomic E-state index is 12.9. The maximum Gasteiger partial charge on any atom is 0.337 e. The molecule has 0 bridgehead atoms. The number of thioether (sulfide) groups is 1.